The first-order valence-electron chi connectivity index (χ1n) is 6.48. The third-order valence-corrected chi connectivity index (χ3v) is 3.82. The second-order valence-corrected chi connectivity index (χ2v) is 5.98. The maximum Gasteiger partial charge on any atom is 0.124 e. The van der Waals surface area contributed by atoms with Crippen molar-refractivity contribution < 1.29 is 4.39 Å². The van der Waals surface area contributed by atoms with E-state index in [1.807, 2.05) is 6.07 Å². The summed E-state index contributed by atoms with van der Waals surface area (Å²) in [4.78, 5) is 0. The van der Waals surface area contributed by atoms with Crippen LogP contribution in [-0.2, 0) is 6.42 Å². The van der Waals surface area contributed by atoms with Gasteiger partial charge in [0, 0.05) is 4.47 Å². The third kappa shape index (κ3) is 3.66. The van der Waals surface area contributed by atoms with Crippen molar-refractivity contribution in [3.8, 4) is 0 Å². The fourth-order valence-electron chi connectivity index (χ4n) is 2.44. The van der Waals surface area contributed by atoms with Gasteiger partial charge < -0.3 is 0 Å². The minimum atomic E-state index is -0.245. The van der Waals surface area contributed by atoms with Crippen LogP contribution in [0.5, 0.6) is 0 Å². The van der Waals surface area contributed by atoms with E-state index in [9.17, 15) is 4.39 Å². The van der Waals surface area contributed by atoms with Gasteiger partial charge in [-0.15, -0.1) is 0 Å². The normalized spacial score (nSPS) is 12.4. The van der Waals surface area contributed by atoms with Gasteiger partial charge in [0.2, 0.25) is 0 Å². The van der Waals surface area contributed by atoms with E-state index in [2.05, 4.69) is 53.4 Å². The van der Waals surface area contributed by atoms with E-state index in [-0.39, 0.29) is 11.9 Å². The van der Waals surface area contributed by atoms with Gasteiger partial charge in [0.15, 0.2) is 0 Å². The molecule has 0 aliphatic rings. The molecule has 1 unspecified atom stereocenters. The van der Waals surface area contributed by atoms with Gasteiger partial charge in [-0.3, -0.25) is 11.3 Å². The lowest BCUT2D eigenvalue weighted by Crippen LogP contribution is -2.30. The van der Waals surface area contributed by atoms with Gasteiger partial charge in [0.25, 0.3) is 0 Å². The predicted molar refractivity (Wildman–Crippen MR) is 83.8 cm³/mol. The second kappa shape index (κ2) is 6.48. The average molecular weight is 337 g/mol. The number of aryl methyl sites for hydroxylation is 2. The van der Waals surface area contributed by atoms with Crippen molar-refractivity contribution in [1.82, 2.24) is 5.43 Å². The van der Waals surface area contributed by atoms with Crippen LogP contribution < -0.4 is 11.3 Å². The van der Waals surface area contributed by atoms with E-state index in [0.717, 1.165) is 15.6 Å². The molecule has 1 atom stereocenters. The molecule has 2 nitrogen and oxygen atoms in total. The number of hydrogen-bond donors (Lipinski definition) is 2. The number of rotatable bonds is 4. The van der Waals surface area contributed by atoms with Crippen molar-refractivity contribution in [2.24, 2.45) is 5.84 Å². The van der Waals surface area contributed by atoms with Gasteiger partial charge in [0.05, 0.1) is 6.04 Å². The molecule has 0 radical (unpaired) electrons. The summed E-state index contributed by atoms with van der Waals surface area (Å²) in [6.45, 7) is 4.12. The molecule has 0 aromatic heterocycles. The first kappa shape index (κ1) is 15.2. The van der Waals surface area contributed by atoms with Crippen LogP contribution >= 0.6 is 15.9 Å². The highest BCUT2D eigenvalue weighted by Gasteiger charge is 2.14. The molecule has 106 valence electrons. The molecule has 0 saturated heterocycles. The number of benzene rings is 2. The lowest BCUT2D eigenvalue weighted by atomic mass is 9.94. The fraction of sp³-hybridized carbons (Fsp3) is 0.250. The number of hydrazine groups is 1. The Morgan fingerprint density at radius 3 is 2.55 bits per heavy atom. The topological polar surface area (TPSA) is 38.0 Å². The van der Waals surface area contributed by atoms with Gasteiger partial charge in [-0.25, -0.2) is 4.39 Å². The molecule has 0 bridgehead atoms. The van der Waals surface area contributed by atoms with E-state index >= 15 is 0 Å². The SMILES string of the molecule is Cc1ccc(C(Cc2cc(F)cc(Br)c2)NN)c(C)c1. The van der Waals surface area contributed by atoms with Crippen molar-refractivity contribution >= 4 is 15.9 Å². The van der Waals surface area contributed by atoms with E-state index in [0.29, 0.717) is 6.42 Å². The molecule has 0 amide bonds. The summed E-state index contributed by atoms with van der Waals surface area (Å²) in [6, 6.07) is 11.1. The van der Waals surface area contributed by atoms with Crippen LogP contribution in [0.4, 0.5) is 4.39 Å². The van der Waals surface area contributed by atoms with Crippen LogP contribution in [0.25, 0.3) is 0 Å². The molecule has 2 aromatic rings. The van der Waals surface area contributed by atoms with Gasteiger partial charge in [0.1, 0.15) is 5.82 Å². The van der Waals surface area contributed by atoms with E-state index in [1.165, 1.54) is 17.2 Å². The predicted octanol–water partition coefficient (Wildman–Crippen LogP) is 3.95. The smallest absolute Gasteiger partial charge is 0.124 e. The molecule has 0 spiro atoms. The van der Waals surface area contributed by atoms with Crippen molar-refractivity contribution in [3.05, 3.63) is 68.9 Å². The van der Waals surface area contributed by atoms with Crippen LogP contribution in [0.3, 0.4) is 0 Å². The Morgan fingerprint density at radius 1 is 1.20 bits per heavy atom. The van der Waals surface area contributed by atoms with Crippen molar-refractivity contribution in [2.45, 2.75) is 26.3 Å². The Labute approximate surface area is 127 Å². The van der Waals surface area contributed by atoms with Crippen LogP contribution in [0.15, 0.2) is 40.9 Å². The zero-order chi connectivity index (χ0) is 14.7. The van der Waals surface area contributed by atoms with Crippen molar-refractivity contribution in [1.29, 1.82) is 0 Å². The number of hydrogen-bond acceptors (Lipinski definition) is 2. The highest BCUT2D eigenvalue weighted by atomic mass is 79.9. The third-order valence-electron chi connectivity index (χ3n) is 3.36. The van der Waals surface area contributed by atoms with E-state index in [4.69, 9.17) is 5.84 Å². The molecule has 0 fully saturated rings. The molecule has 2 aromatic carbocycles. The Kier molecular flexibility index (Phi) is 4.91. The fourth-order valence-corrected chi connectivity index (χ4v) is 2.95. The lowest BCUT2D eigenvalue weighted by Gasteiger charge is -2.19. The van der Waals surface area contributed by atoms with Gasteiger partial charge in [-0.1, -0.05) is 39.7 Å². The van der Waals surface area contributed by atoms with Crippen LogP contribution in [-0.4, -0.2) is 0 Å². The molecule has 4 heteroatoms. The van der Waals surface area contributed by atoms with Crippen molar-refractivity contribution in [2.75, 3.05) is 0 Å². The monoisotopic (exact) mass is 336 g/mol. The van der Waals surface area contributed by atoms with Crippen LogP contribution in [0, 0.1) is 19.7 Å². The van der Waals surface area contributed by atoms with Gasteiger partial charge in [-0.2, -0.15) is 0 Å². The Morgan fingerprint density at radius 2 is 1.95 bits per heavy atom. The first-order valence-corrected chi connectivity index (χ1v) is 7.27. The van der Waals surface area contributed by atoms with E-state index < -0.39 is 0 Å². The second-order valence-electron chi connectivity index (χ2n) is 5.06. The summed E-state index contributed by atoms with van der Waals surface area (Å²) < 4.78 is 14.2. The largest absolute Gasteiger partial charge is 0.271 e. The Bertz CT molecular complexity index is 593. The summed E-state index contributed by atoms with van der Waals surface area (Å²) in [5.41, 5.74) is 7.27. The zero-order valence-electron chi connectivity index (χ0n) is 11.6. The highest BCUT2D eigenvalue weighted by Crippen LogP contribution is 2.24. The Balaban J connectivity index is 2.28. The Hall–Kier alpha value is -1.23. The van der Waals surface area contributed by atoms with Gasteiger partial charge >= 0.3 is 0 Å². The minimum Gasteiger partial charge on any atom is -0.271 e. The first-order chi connectivity index (χ1) is 9.49. The number of halogens is 2. The van der Waals surface area contributed by atoms with Gasteiger partial charge in [-0.05, 0) is 55.2 Å². The molecule has 0 heterocycles. The summed E-state index contributed by atoms with van der Waals surface area (Å²) in [5.74, 6) is 5.44. The number of nitrogens with two attached hydrogens (primary N) is 1. The van der Waals surface area contributed by atoms with Crippen LogP contribution in [0.2, 0.25) is 0 Å². The van der Waals surface area contributed by atoms with Crippen molar-refractivity contribution in [3.63, 3.8) is 0 Å². The average Bonchev–Trinajstić information content (AvgIpc) is 2.35. The minimum absolute atomic E-state index is 0.0377. The summed E-state index contributed by atoms with van der Waals surface area (Å²) in [7, 11) is 0. The van der Waals surface area contributed by atoms with E-state index in [1.54, 1.807) is 6.07 Å². The zero-order valence-corrected chi connectivity index (χ0v) is 13.2. The molecule has 0 aliphatic heterocycles. The maximum atomic E-state index is 13.4. The molecule has 0 saturated carbocycles. The molecule has 2 rings (SSSR count). The quantitative estimate of drug-likeness (QED) is 0.655. The maximum absolute atomic E-state index is 13.4. The summed E-state index contributed by atoms with van der Waals surface area (Å²) in [5, 5.41) is 0. The molecular formula is C16H18BrFN2. The number of nitrogens with one attached hydrogen (secondary N) is 1. The van der Waals surface area contributed by atoms with Crippen LogP contribution in [0.1, 0.15) is 28.3 Å². The molecule has 20 heavy (non-hydrogen) atoms. The molecule has 3 N–H and O–H groups in total. The highest BCUT2D eigenvalue weighted by molar-refractivity contribution is 9.10. The summed E-state index contributed by atoms with van der Waals surface area (Å²) in [6.07, 6.45) is 0.636. The molecule has 0 aliphatic carbocycles. The molecular weight excluding hydrogens is 319 g/mol. The lowest BCUT2D eigenvalue weighted by molar-refractivity contribution is 0.546. The standard InChI is InChI=1S/C16H18BrFN2/c1-10-3-4-15(11(2)5-10)16(20-19)8-12-6-13(17)9-14(18)7-12/h3-7,9,16,20H,8,19H2,1-2H3. The summed E-state index contributed by atoms with van der Waals surface area (Å²) >= 11 is 3.31.